The van der Waals surface area contributed by atoms with Crippen molar-refractivity contribution in [2.45, 2.75) is 133 Å². The smallest absolute Gasteiger partial charge is 0.170 e. The van der Waals surface area contributed by atoms with Crippen molar-refractivity contribution in [2.75, 3.05) is 4.90 Å². The zero-order valence-electron chi connectivity index (χ0n) is 39.5. The van der Waals surface area contributed by atoms with Crippen LogP contribution in [0, 0.1) is 11.8 Å². The van der Waals surface area contributed by atoms with E-state index in [9.17, 15) is 0 Å². The molecule has 3 aromatic rings. The minimum absolute atomic E-state index is 0.247. The van der Waals surface area contributed by atoms with Crippen molar-refractivity contribution in [1.82, 2.24) is 5.32 Å². The van der Waals surface area contributed by atoms with Crippen LogP contribution in [-0.2, 0) is 0 Å². The average Bonchev–Trinajstić information content (AvgIpc) is 3.95. The maximum absolute atomic E-state index is 7.05. The normalized spacial score (nSPS) is 27.4. The standard InChI is InChI=1S/C63H64N4O/c1-6-19-41(20-7-1)45-33-35-48(42-21-8-2-9-22-42)52(37-45)46-34-36-49(54(38-46)63-65-61(43-23-10-3-11-24-43)64-62(66-63)44-25-12-4-13-26-44)51-30-18-32-58-60(51)55-39-53-50-29-16-17-31-56(50)67(47-27-14-5-15-28-47)57(53)40-59(55)68-58/h3-5,10,12,14-16,19,21,23,25,27-29,32-36,38-40,50,52-53,56-57,63H,1-2,6-9,11,13,17-18,20,22,24,26,30-31,37H2,(H,64,65,66). The van der Waals surface area contributed by atoms with Crippen LogP contribution in [0.3, 0.4) is 0 Å². The van der Waals surface area contributed by atoms with Gasteiger partial charge in [0.1, 0.15) is 22.5 Å². The number of nitrogens with one attached hydrogen (secondary N) is 1. The van der Waals surface area contributed by atoms with Crippen molar-refractivity contribution in [2.24, 2.45) is 21.8 Å². The third-order valence-electron chi connectivity index (χ3n) is 16.8. The van der Waals surface area contributed by atoms with Crippen molar-refractivity contribution >= 4 is 41.2 Å². The van der Waals surface area contributed by atoms with E-state index >= 15 is 0 Å². The Labute approximate surface area is 402 Å². The van der Waals surface area contributed by atoms with Gasteiger partial charge >= 0.3 is 0 Å². The van der Waals surface area contributed by atoms with Gasteiger partial charge in [-0.25, -0.2) is 9.98 Å². The van der Waals surface area contributed by atoms with Crippen LogP contribution in [0.4, 0.5) is 5.69 Å². The van der Waals surface area contributed by atoms with E-state index in [0.29, 0.717) is 17.9 Å². The Morgan fingerprint density at radius 2 is 1.40 bits per heavy atom. The number of aliphatic imine (C=N–C) groups is 2. The van der Waals surface area contributed by atoms with Gasteiger partial charge in [-0.1, -0.05) is 115 Å². The fourth-order valence-electron chi connectivity index (χ4n) is 13.5. The lowest BCUT2D eigenvalue weighted by atomic mass is 9.73. The summed E-state index contributed by atoms with van der Waals surface area (Å²) in [6.45, 7) is 0. The minimum atomic E-state index is -0.400. The van der Waals surface area contributed by atoms with E-state index < -0.39 is 6.17 Å². The summed E-state index contributed by atoms with van der Waals surface area (Å²) in [6.07, 6.45) is 54.7. The number of nitrogens with zero attached hydrogens (tertiary/aromatic N) is 3. The highest BCUT2D eigenvalue weighted by Crippen LogP contribution is 2.47. The van der Waals surface area contributed by atoms with Crippen LogP contribution in [-0.4, -0.2) is 23.8 Å². The summed E-state index contributed by atoms with van der Waals surface area (Å²) in [6, 6.07) is 19.4. The molecule has 1 N–H and O–H groups in total. The average molecular weight is 893 g/mol. The maximum atomic E-state index is 7.05. The summed E-state index contributed by atoms with van der Waals surface area (Å²) in [5, 5.41) is 6.36. The molecule has 0 bridgehead atoms. The topological polar surface area (TPSA) is 53.1 Å². The van der Waals surface area contributed by atoms with Gasteiger partial charge in [0.25, 0.3) is 0 Å². The molecule has 13 rings (SSSR count). The third kappa shape index (κ3) is 7.61. The number of furan rings is 1. The fraction of sp³-hybridized carbons (Fsp3) is 0.365. The first-order chi connectivity index (χ1) is 33.7. The largest absolute Gasteiger partial charge is 0.457 e. The van der Waals surface area contributed by atoms with Crippen molar-refractivity contribution in [1.29, 1.82) is 0 Å². The highest BCUT2D eigenvalue weighted by Gasteiger charge is 2.47. The Morgan fingerprint density at radius 3 is 2.13 bits per heavy atom. The van der Waals surface area contributed by atoms with Gasteiger partial charge in [-0.05, 0) is 184 Å². The lowest BCUT2D eigenvalue weighted by molar-refractivity contribution is 0.466. The first kappa shape index (κ1) is 41.9. The van der Waals surface area contributed by atoms with Gasteiger partial charge in [-0.2, -0.15) is 0 Å². The molecule has 342 valence electrons. The molecule has 10 aliphatic rings. The zero-order valence-corrected chi connectivity index (χ0v) is 39.5. The molecule has 0 saturated carbocycles. The molecular formula is C63H64N4O. The van der Waals surface area contributed by atoms with E-state index in [-0.39, 0.29) is 12.0 Å². The number of benzene rings is 2. The van der Waals surface area contributed by atoms with Crippen LogP contribution < -0.4 is 31.5 Å². The van der Waals surface area contributed by atoms with E-state index in [2.05, 4.69) is 150 Å². The van der Waals surface area contributed by atoms with E-state index in [0.717, 1.165) is 73.9 Å². The summed E-state index contributed by atoms with van der Waals surface area (Å²) in [5.74, 6) is 3.02. The van der Waals surface area contributed by atoms with Crippen LogP contribution in [0.25, 0.3) is 23.8 Å². The number of hydrogen-bond acceptors (Lipinski definition) is 5. The molecule has 8 aliphatic carbocycles. The second-order valence-electron chi connectivity index (χ2n) is 20.8. The zero-order chi connectivity index (χ0) is 45.0. The molecule has 1 fully saturated rings. The number of para-hydroxylation sites is 1. The Kier molecular flexibility index (Phi) is 11.1. The van der Waals surface area contributed by atoms with Gasteiger partial charge < -0.3 is 14.6 Å². The summed E-state index contributed by atoms with van der Waals surface area (Å²) in [4.78, 5) is 14.1. The molecule has 5 nitrogen and oxygen atoms in total. The molecule has 1 saturated heterocycles. The van der Waals surface area contributed by atoms with Crippen molar-refractivity contribution in [3.05, 3.63) is 193 Å². The van der Waals surface area contributed by atoms with Gasteiger partial charge in [0.2, 0.25) is 0 Å². The summed E-state index contributed by atoms with van der Waals surface area (Å²) >= 11 is 0. The molecule has 3 heterocycles. The minimum Gasteiger partial charge on any atom is -0.457 e. The molecule has 2 aromatic carbocycles. The van der Waals surface area contributed by atoms with Crippen LogP contribution in [0.1, 0.15) is 138 Å². The number of amidine groups is 2. The maximum Gasteiger partial charge on any atom is 0.170 e. The number of allylic oxidation sites excluding steroid dienone is 15. The van der Waals surface area contributed by atoms with Crippen LogP contribution >= 0.6 is 0 Å². The second-order valence-corrected chi connectivity index (χ2v) is 20.8. The molecule has 0 radical (unpaired) electrons. The molecule has 1 aromatic heterocycles. The lowest BCUT2D eigenvalue weighted by Gasteiger charge is -2.33. The quantitative estimate of drug-likeness (QED) is 0.229. The van der Waals surface area contributed by atoms with Crippen molar-refractivity contribution < 1.29 is 4.42 Å². The monoisotopic (exact) mass is 893 g/mol. The Morgan fingerprint density at radius 1 is 0.618 bits per heavy atom. The molecule has 5 heteroatoms. The molecule has 0 spiro atoms. The summed E-state index contributed by atoms with van der Waals surface area (Å²) in [5.41, 5.74) is 17.3. The first-order valence-electron chi connectivity index (χ1n) is 26.4. The molecule has 68 heavy (non-hydrogen) atoms. The van der Waals surface area contributed by atoms with Gasteiger partial charge in [-0.3, -0.25) is 0 Å². The van der Waals surface area contributed by atoms with Crippen LogP contribution in [0.15, 0.2) is 169 Å². The number of rotatable bonds is 8. The third-order valence-corrected chi connectivity index (χ3v) is 16.8. The number of hydrogen-bond donors (Lipinski definition) is 1. The van der Waals surface area contributed by atoms with Crippen molar-refractivity contribution in [3.8, 4) is 0 Å². The number of fused-ring (bicyclic) bond motifs is 6. The van der Waals surface area contributed by atoms with Crippen molar-refractivity contribution in [3.63, 3.8) is 0 Å². The SMILES string of the molecule is C1=CCCC(C2=NC(c3cc(C4CC(C5=CCCCC5)=CC=C4C4=CCCCC4)ccc3C3=c4c(oc5c4=CC4C6C=CCCC6N(c6ccccc6)C4C=5)=CCC3)N=C(C3=CC=CCC3)N2)=C1. The molecule has 0 amide bonds. The van der Waals surface area contributed by atoms with E-state index in [4.69, 9.17) is 14.4 Å². The van der Waals surface area contributed by atoms with Gasteiger partial charge in [0.05, 0.1) is 6.04 Å². The Hall–Kier alpha value is -6.20. The second kappa shape index (κ2) is 18.0. The van der Waals surface area contributed by atoms with E-state index in [1.165, 1.54) is 118 Å². The predicted molar refractivity (Wildman–Crippen MR) is 281 cm³/mol. The van der Waals surface area contributed by atoms with Gasteiger partial charge in [0, 0.05) is 45.5 Å². The Balaban J connectivity index is 1.01. The lowest BCUT2D eigenvalue weighted by Crippen LogP contribution is -2.46. The number of anilines is 1. The predicted octanol–water partition coefficient (Wildman–Crippen LogP) is 11.8. The van der Waals surface area contributed by atoms with Gasteiger partial charge in [-0.15, -0.1) is 0 Å². The highest BCUT2D eigenvalue weighted by molar-refractivity contribution is 6.16. The first-order valence-corrected chi connectivity index (χ1v) is 26.4. The summed E-state index contributed by atoms with van der Waals surface area (Å²) in [7, 11) is 0. The van der Waals surface area contributed by atoms with Gasteiger partial charge in [0.15, 0.2) is 6.17 Å². The van der Waals surface area contributed by atoms with Crippen LogP contribution in [0.2, 0.25) is 0 Å². The molecule has 5 atom stereocenters. The molecule has 5 unspecified atom stereocenters. The van der Waals surface area contributed by atoms with E-state index in [1.54, 1.807) is 11.1 Å². The summed E-state index contributed by atoms with van der Waals surface area (Å²) < 4.78 is 7.05. The Bertz CT molecular complexity index is 3120. The van der Waals surface area contributed by atoms with E-state index in [1.807, 2.05) is 0 Å². The molecule has 2 aliphatic heterocycles. The highest BCUT2D eigenvalue weighted by atomic mass is 16.3. The fourth-order valence-corrected chi connectivity index (χ4v) is 13.5. The van der Waals surface area contributed by atoms with Crippen LogP contribution in [0.5, 0.6) is 0 Å². The molecular weight excluding hydrogens is 829 g/mol.